The zero-order valence-corrected chi connectivity index (χ0v) is 11.1. The second-order valence-corrected chi connectivity index (χ2v) is 5.22. The van der Waals surface area contributed by atoms with E-state index in [1.807, 2.05) is 14.0 Å². The Bertz CT molecular complexity index is 371. The lowest BCUT2D eigenvalue weighted by molar-refractivity contribution is 0.150. The number of aromatic nitrogens is 3. The summed E-state index contributed by atoms with van der Waals surface area (Å²) in [5, 5.41) is 8.32. The Balaban J connectivity index is 1.97. The number of likely N-dealkylation sites (tertiary alicyclic amines) is 1. The van der Waals surface area contributed by atoms with E-state index in [1.165, 1.54) is 12.8 Å². The first kappa shape index (κ1) is 12.5. The summed E-state index contributed by atoms with van der Waals surface area (Å²) in [5.41, 5.74) is 6.00. The summed E-state index contributed by atoms with van der Waals surface area (Å²) >= 11 is 0. The van der Waals surface area contributed by atoms with Crippen molar-refractivity contribution in [3.05, 3.63) is 11.6 Å². The minimum absolute atomic E-state index is 0.291. The highest BCUT2D eigenvalue weighted by Gasteiger charge is 2.23. The summed E-state index contributed by atoms with van der Waals surface area (Å²) in [5.74, 6) is 2.65. The molecule has 0 aliphatic carbocycles. The SMILES string of the molecule is Cc1nnc(CN2CCCC(C(C)N)C2)n1C. The van der Waals surface area contributed by atoms with Gasteiger partial charge in [-0.3, -0.25) is 4.90 Å². The first-order valence-electron chi connectivity index (χ1n) is 6.40. The molecule has 2 N–H and O–H groups in total. The zero-order chi connectivity index (χ0) is 12.4. The Morgan fingerprint density at radius 2 is 2.24 bits per heavy atom. The van der Waals surface area contributed by atoms with Gasteiger partial charge in [0.05, 0.1) is 6.54 Å². The molecule has 0 radical (unpaired) electrons. The van der Waals surface area contributed by atoms with Crippen molar-refractivity contribution < 1.29 is 0 Å². The summed E-state index contributed by atoms with van der Waals surface area (Å²) in [4.78, 5) is 2.45. The molecule has 17 heavy (non-hydrogen) atoms. The normalized spacial score (nSPS) is 23.9. The molecule has 0 bridgehead atoms. The van der Waals surface area contributed by atoms with Gasteiger partial charge in [0, 0.05) is 19.6 Å². The van der Waals surface area contributed by atoms with E-state index < -0.39 is 0 Å². The van der Waals surface area contributed by atoms with Crippen LogP contribution >= 0.6 is 0 Å². The van der Waals surface area contributed by atoms with Gasteiger partial charge in [0.15, 0.2) is 0 Å². The maximum Gasteiger partial charge on any atom is 0.146 e. The molecule has 5 heteroatoms. The minimum atomic E-state index is 0.291. The monoisotopic (exact) mass is 237 g/mol. The second-order valence-electron chi connectivity index (χ2n) is 5.22. The molecule has 2 rings (SSSR count). The van der Waals surface area contributed by atoms with Gasteiger partial charge in [-0.2, -0.15) is 0 Å². The van der Waals surface area contributed by atoms with E-state index in [9.17, 15) is 0 Å². The molecule has 1 saturated heterocycles. The van der Waals surface area contributed by atoms with Crippen LogP contribution in [-0.4, -0.2) is 38.8 Å². The summed E-state index contributed by atoms with van der Waals surface area (Å²) in [6.45, 7) is 7.22. The first-order valence-corrected chi connectivity index (χ1v) is 6.40. The lowest BCUT2D eigenvalue weighted by Crippen LogP contribution is -2.42. The third-order valence-electron chi connectivity index (χ3n) is 3.83. The molecule has 96 valence electrons. The van der Waals surface area contributed by atoms with Crippen molar-refractivity contribution in [2.45, 2.75) is 39.3 Å². The predicted octanol–water partition coefficient (Wildman–Crippen LogP) is 0.683. The van der Waals surface area contributed by atoms with Crippen LogP contribution in [0, 0.1) is 12.8 Å². The maximum atomic E-state index is 6.00. The number of nitrogens with zero attached hydrogens (tertiary/aromatic N) is 4. The number of hydrogen-bond acceptors (Lipinski definition) is 4. The van der Waals surface area contributed by atoms with E-state index in [-0.39, 0.29) is 0 Å². The topological polar surface area (TPSA) is 60.0 Å². The highest BCUT2D eigenvalue weighted by Crippen LogP contribution is 2.20. The molecule has 2 atom stereocenters. The van der Waals surface area contributed by atoms with Crippen LogP contribution < -0.4 is 5.73 Å². The minimum Gasteiger partial charge on any atom is -0.328 e. The molecule has 1 aromatic rings. The van der Waals surface area contributed by atoms with Gasteiger partial charge in [-0.25, -0.2) is 0 Å². The first-order chi connectivity index (χ1) is 8.08. The fourth-order valence-corrected chi connectivity index (χ4v) is 2.45. The summed E-state index contributed by atoms with van der Waals surface area (Å²) in [6.07, 6.45) is 2.50. The lowest BCUT2D eigenvalue weighted by Gasteiger charge is -2.34. The Morgan fingerprint density at radius 3 is 2.82 bits per heavy atom. The van der Waals surface area contributed by atoms with E-state index in [4.69, 9.17) is 5.73 Å². The van der Waals surface area contributed by atoms with Gasteiger partial charge in [0.1, 0.15) is 11.6 Å². The van der Waals surface area contributed by atoms with Crippen molar-refractivity contribution in [1.82, 2.24) is 19.7 Å². The van der Waals surface area contributed by atoms with Gasteiger partial charge in [0.25, 0.3) is 0 Å². The van der Waals surface area contributed by atoms with E-state index in [2.05, 4.69) is 26.6 Å². The van der Waals surface area contributed by atoms with Crippen molar-refractivity contribution in [2.75, 3.05) is 13.1 Å². The van der Waals surface area contributed by atoms with Gasteiger partial charge in [-0.15, -0.1) is 10.2 Å². The van der Waals surface area contributed by atoms with Crippen LogP contribution in [0.3, 0.4) is 0 Å². The molecule has 0 aromatic carbocycles. The van der Waals surface area contributed by atoms with Crippen LogP contribution in [-0.2, 0) is 13.6 Å². The van der Waals surface area contributed by atoms with E-state index in [0.29, 0.717) is 12.0 Å². The maximum absolute atomic E-state index is 6.00. The molecule has 1 aliphatic rings. The molecule has 2 heterocycles. The molecular weight excluding hydrogens is 214 g/mol. The van der Waals surface area contributed by atoms with Gasteiger partial charge in [-0.05, 0) is 39.2 Å². The smallest absolute Gasteiger partial charge is 0.146 e. The number of hydrogen-bond donors (Lipinski definition) is 1. The highest BCUT2D eigenvalue weighted by molar-refractivity contribution is 4.93. The molecule has 0 saturated carbocycles. The Kier molecular flexibility index (Phi) is 3.79. The number of rotatable bonds is 3. The fraction of sp³-hybridized carbons (Fsp3) is 0.833. The average Bonchev–Trinajstić information content (AvgIpc) is 2.61. The summed E-state index contributed by atoms with van der Waals surface area (Å²) in [7, 11) is 2.03. The molecule has 1 fully saturated rings. The number of nitrogens with two attached hydrogens (primary N) is 1. The molecule has 2 unspecified atom stereocenters. The average molecular weight is 237 g/mol. The van der Waals surface area contributed by atoms with Gasteiger partial charge < -0.3 is 10.3 Å². The number of aryl methyl sites for hydroxylation is 1. The van der Waals surface area contributed by atoms with Crippen molar-refractivity contribution in [1.29, 1.82) is 0 Å². The van der Waals surface area contributed by atoms with Gasteiger partial charge >= 0.3 is 0 Å². The Hall–Kier alpha value is -0.940. The molecule has 1 aromatic heterocycles. The van der Waals surface area contributed by atoms with Crippen LogP contribution in [0.2, 0.25) is 0 Å². The molecule has 0 spiro atoms. The molecule has 0 amide bonds. The molecule has 5 nitrogen and oxygen atoms in total. The lowest BCUT2D eigenvalue weighted by atomic mass is 9.92. The van der Waals surface area contributed by atoms with Gasteiger partial charge in [0.2, 0.25) is 0 Å². The largest absolute Gasteiger partial charge is 0.328 e. The molecule has 1 aliphatic heterocycles. The fourth-order valence-electron chi connectivity index (χ4n) is 2.45. The number of piperidine rings is 1. The Labute approximate surface area is 103 Å². The third kappa shape index (κ3) is 2.84. The molecular formula is C12H23N5. The summed E-state index contributed by atoms with van der Waals surface area (Å²) < 4.78 is 2.06. The van der Waals surface area contributed by atoms with Crippen molar-refractivity contribution >= 4 is 0 Å². The van der Waals surface area contributed by atoms with Gasteiger partial charge in [-0.1, -0.05) is 0 Å². The van der Waals surface area contributed by atoms with Crippen LogP contribution in [0.25, 0.3) is 0 Å². The van der Waals surface area contributed by atoms with Crippen molar-refractivity contribution in [2.24, 2.45) is 18.7 Å². The quantitative estimate of drug-likeness (QED) is 0.840. The highest BCUT2D eigenvalue weighted by atomic mass is 15.3. The standard InChI is InChI=1S/C12H23N5/c1-9(13)11-5-4-6-17(7-11)8-12-15-14-10(2)16(12)3/h9,11H,4-8,13H2,1-3H3. The van der Waals surface area contributed by atoms with Crippen LogP contribution in [0.4, 0.5) is 0 Å². The van der Waals surface area contributed by atoms with Crippen LogP contribution in [0.15, 0.2) is 0 Å². The Morgan fingerprint density at radius 1 is 1.47 bits per heavy atom. The predicted molar refractivity (Wildman–Crippen MR) is 67.4 cm³/mol. The van der Waals surface area contributed by atoms with E-state index in [1.54, 1.807) is 0 Å². The zero-order valence-electron chi connectivity index (χ0n) is 11.1. The van der Waals surface area contributed by atoms with Crippen molar-refractivity contribution in [3.8, 4) is 0 Å². The van der Waals surface area contributed by atoms with Crippen LogP contribution in [0.5, 0.6) is 0 Å². The van der Waals surface area contributed by atoms with Crippen LogP contribution in [0.1, 0.15) is 31.4 Å². The summed E-state index contributed by atoms with van der Waals surface area (Å²) in [6, 6.07) is 0.291. The second kappa shape index (κ2) is 5.14. The van der Waals surface area contributed by atoms with E-state index in [0.717, 1.165) is 31.3 Å². The van der Waals surface area contributed by atoms with E-state index >= 15 is 0 Å². The van der Waals surface area contributed by atoms with Crippen molar-refractivity contribution in [3.63, 3.8) is 0 Å². The third-order valence-corrected chi connectivity index (χ3v) is 3.83.